The molecule has 1 unspecified atom stereocenters. The molecule has 156 valence electrons. The smallest absolute Gasteiger partial charge is 0.310 e. The van der Waals surface area contributed by atoms with Gasteiger partial charge < -0.3 is 15.0 Å². The first-order chi connectivity index (χ1) is 13.7. The van der Waals surface area contributed by atoms with Crippen molar-refractivity contribution in [3.05, 3.63) is 51.1 Å². The van der Waals surface area contributed by atoms with Gasteiger partial charge in [-0.1, -0.05) is 18.5 Å². The highest BCUT2D eigenvalue weighted by Crippen LogP contribution is 2.29. The summed E-state index contributed by atoms with van der Waals surface area (Å²) in [6.45, 7) is 5.93. The topological polar surface area (TPSA) is 75.7 Å². The molecule has 0 aliphatic carbocycles. The van der Waals surface area contributed by atoms with Gasteiger partial charge in [-0.05, 0) is 43.7 Å². The molecule has 0 saturated carbocycles. The third-order valence-corrected chi connectivity index (χ3v) is 5.74. The summed E-state index contributed by atoms with van der Waals surface area (Å²) in [5.41, 5.74) is 0.832. The highest BCUT2D eigenvalue weighted by Gasteiger charge is 2.24. The molecule has 6 nitrogen and oxygen atoms in total. The number of hydrogen-bond donors (Lipinski definition) is 1. The first-order valence-corrected chi connectivity index (χ1v) is 10.1. The second kappa shape index (κ2) is 9.84. The van der Waals surface area contributed by atoms with Gasteiger partial charge in [0.15, 0.2) is 0 Å². The fraction of sp³-hybridized carbons (Fsp3) is 0.350. The fourth-order valence-corrected chi connectivity index (χ4v) is 4.00. The summed E-state index contributed by atoms with van der Waals surface area (Å²) < 4.78 is 17.9. The second-order valence-electron chi connectivity index (χ2n) is 6.47. The largest absolute Gasteiger partial charge is 0.469 e. The lowest BCUT2D eigenvalue weighted by Gasteiger charge is -2.23. The molecule has 0 spiro atoms. The van der Waals surface area contributed by atoms with E-state index >= 15 is 0 Å². The number of carbonyl (C=O) groups is 3. The number of benzene rings is 1. The summed E-state index contributed by atoms with van der Waals surface area (Å²) >= 11 is 7.06. The highest BCUT2D eigenvalue weighted by atomic mass is 35.5. The van der Waals surface area contributed by atoms with Crippen molar-refractivity contribution >= 4 is 45.7 Å². The predicted molar refractivity (Wildman–Crippen MR) is 111 cm³/mol. The minimum Gasteiger partial charge on any atom is -0.469 e. The van der Waals surface area contributed by atoms with E-state index in [0.29, 0.717) is 22.0 Å². The van der Waals surface area contributed by atoms with Gasteiger partial charge in [-0.2, -0.15) is 0 Å². The van der Waals surface area contributed by atoms with Crippen molar-refractivity contribution in [3.63, 3.8) is 0 Å². The molecule has 0 bridgehead atoms. The number of halogens is 2. The van der Waals surface area contributed by atoms with Crippen molar-refractivity contribution in [2.75, 3.05) is 25.5 Å². The summed E-state index contributed by atoms with van der Waals surface area (Å²) in [5.74, 6) is -2.10. The van der Waals surface area contributed by atoms with Gasteiger partial charge in [0.25, 0.3) is 11.8 Å². The number of anilines is 1. The van der Waals surface area contributed by atoms with Crippen molar-refractivity contribution < 1.29 is 23.5 Å². The van der Waals surface area contributed by atoms with Crippen LogP contribution in [-0.2, 0) is 9.53 Å². The Hall–Kier alpha value is -2.45. The highest BCUT2D eigenvalue weighted by molar-refractivity contribution is 7.18. The summed E-state index contributed by atoms with van der Waals surface area (Å²) in [7, 11) is 1.31. The number of esters is 1. The Labute approximate surface area is 177 Å². The summed E-state index contributed by atoms with van der Waals surface area (Å²) in [5, 5.41) is 3.15. The first-order valence-electron chi connectivity index (χ1n) is 8.91. The fourth-order valence-electron chi connectivity index (χ4n) is 2.71. The van der Waals surface area contributed by atoms with Gasteiger partial charge in [-0.15, -0.1) is 11.3 Å². The number of carbonyl (C=O) groups excluding carboxylic acids is 3. The van der Waals surface area contributed by atoms with Crippen LogP contribution in [0.1, 0.15) is 39.4 Å². The Morgan fingerprint density at radius 3 is 2.59 bits per heavy atom. The number of nitrogens with zero attached hydrogens (tertiary/aromatic N) is 1. The third-order valence-electron chi connectivity index (χ3n) is 4.29. The first kappa shape index (κ1) is 22.8. The molecule has 0 radical (unpaired) electrons. The number of methoxy groups -OCH3 is 1. The maximum atomic E-state index is 13.2. The van der Waals surface area contributed by atoms with Crippen LogP contribution in [0.15, 0.2) is 24.3 Å². The van der Waals surface area contributed by atoms with E-state index in [1.165, 1.54) is 13.2 Å². The third kappa shape index (κ3) is 5.55. The van der Waals surface area contributed by atoms with Gasteiger partial charge >= 0.3 is 5.97 Å². The zero-order valence-corrected chi connectivity index (χ0v) is 18.1. The van der Waals surface area contributed by atoms with Gasteiger partial charge in [0.2, 0.25) is 0 Å². The molecule has 29 heavy (non-hydrogen) atoms. The minimum atomic E-state index is -0.535. The lowest BCUT2D eigenvalue weighted by atomic mass is 10.1. The van der Waals surface area contributed by atoms with Gasteiger partial charge in [0.1, 0.15) is 5.82 Å². The summed E-state index contributed by atoms with van der Waals surface area (Å²) in [4.78, 5) is 39.0. The molecule has 1 N–H and O–H groups in total. The van der Waals surface area contributed by atoms with Gasteiger partial charge in [0, 0.05) is 13.1 Å². The van der Waals surface area contributed by atoms with Crippen molar-refractivity contribution in [1.29, 1.82) is 0 Å². The van der Waals surface area contributed by atoms with Crippen LogP contribution in [0, 0.1) is 18.7 Å². The number of nitrogens with one attached hydrogen (secondary N) is 1. The van der Waals surface area contributed by atoms with Gasteiger partial charge in [-0.25, -0.2) is 4.39 Å². The number of amides is 2. The zero-order valence-electron chi connectivity index (χ0n) is 16.5. The predicted octanol–water partition coefficient (Wildman–Crippen LogP) is 4.37. The van der Waals surface area contributed by atoms with E-state index in [1.807, 2.05) is 6.92 Å². The Kier molecular flexibility index (Phi) is 7.75. The van der Waals surface area contributed by atoms with Crippen LogP contribution in [0.25, 0.3) is 0 Å². The van der Waals surface area contributed by atoms with E-state index < -0.39 is 17.6 Å². The molecule has 0 fully saturated rings. The molecule has 2 aromatic rings. The van der Waals surface area contributed by atoms with E-state index in [-0.39, 0.29) is 29.0 Å². The molecule has 0 aliphatic heterocycles. The second-order valence-corrected chi connectivity index (χ2v) is 7.93. The Morgan fingerprint density at radius 2 is 2.00 bits per heavy atom. The molecule has 1 heterocycles. The monoisotopic (exact) mass is 440 g/mol. The SMILES string of the molecule is CCN(CC(C)C(=O)OC)C(=O)c1sc(NC(=O)c2ccc(F)cc2Cl)cc1C. The van der Waals surface area contributed by atoms with E-state index in [0.717, 1.165) is 23.5 Å². The number of thiophene rings is 1. The molecular formula is C20H22ClFN2O4S. The minimum absolute atomic E-state index is 0.000957. The lowest BCUT2D eigenvalue weighted by molar-refractivity contribution is -0.145. The van der Waals surface area contributed by atoms with E-state index in [4.69, 9.17) is 16.3 Å². The van der Waals surface area contributed by atoms with E-state index in [1.54, 1.807) is 24.8 Å². The van der Waals surface area contributed by atoms with Gasteiger partial charge in [-0.3, -0.25) is 14.4 Å². The quantitative estimate of drug-likeness (QED) is 0.648. The van der Waals surface area contributed by atoms with Crippen LogP contribution in [0.3, 0.4) is 0 Å². The average molecular weight is 441 g/mol. The zero-order chi connectivity index (χ0) is 21.7. The summed E-state index contributed by atoms with van der Waals surface area (Å²) in [6, 6.07) is 5.20. The Bertz CT molecular complexity index is 931. The van der Waals surface area contributed by atoms with E-state index in [9.17, 15) is 18.8 Å². The molecule has 1 aromatic heterocycles. The lowest BCUT2D eigenvalue weighted by Crippen LogP contribution is -2.37. The molecule has 2 amide bonds. The number of rotatable bonds is 7. The van der Waals surface area contributed by atoms with Crippen LogP contribution in [0.5, 0.6) is 0 Å². The number of ether oxygens (including phenoxy) is 1. The molecule has 1 aromatic carbocycles. The maximum absolute atomic E-state index is 13.2. The summed E-state index contributed by atoms with van der Waals surface area (Å²) in [6.07, 6.45) is 0. The molecule has 0 saturated heterocycles. The molecule has 9 heteroatoms. The Balaban J connectivity index is 2.17. The Morgan fingerprint density at radius 1 is 1.31 bits per heavy atom. The molecular weight excluding hydrogens is 419 g/mol. The number of aryl methyl sites for hydroxylation is 1. The van der Waals surface area contributed by atoms with Crippen molar-refractivity contribution in [2.45, 2.75) is 20.8 Å². The molecule has 0 aliphatic rings. The van der Waals surface area contributed by atoms with Crippen molar-refractivity contribution in [1.82, 2.24) is 4.90 Å². The van der Waals surface area contributed by atoms with Crippen molar-refractivity contribution in [3.8, 4) is 0 Å². The maximum Gasteiger partial charge on any atom is 0.310 e. The van der Waals surface area contributed by atoms with Gasteiger partial charge in [0.05, 0.1) is 33.5 Å². The average Bonchev–Trinajstić information content (AvgIpc) is 3.04. The van der Waals surface area contributed by atoms with Crippen LogP contribution in [0.2, 0.25) is 5.02 Å². The van der Waals surface area contributed by atoms with Crippen molar-refractivity contribution in [2.24, 2.45) is 5.92 Å². The molecule has 2 rings (SSSR count). The normalized spacial score (nSPS) is 11.7. The molecule has 1 atom stereocenters. The van der Waals surface area contributed by atoms with Crippen LogP contribution >= 0.6 is 22.9 Å². The standard InChI is InChI=1S/C20H22ClFN2O4S/c1-5-24(10-12(3)20(27)28-4)19(26)17-11(2)8-16(29-17)23-18(25)14-7-6-13(22)9-15(14)21/h6-9,12H,5,10H2,1-4H3,(H,23,25). The van der Waals surface area contributed by atoms with Crippen LogP contribution < -0.4 is 5.32 Å². The number of hydrogen-bond acceptors (Lipinski definition) is 5. The van der Waals surface area contributed by atoms with Crippen LogP contribution in [0.4, 0.5) is 9.39 Å². The van der Waals surface area contributed by atoms with E-state index in [2.05, 4.69) is 5.32 Å². The van der Waals surface area contributed by atoms with Crippen LogP contribution in [-0.4, -0.2) is 42.9 Å².